The normalized spacial score (nSPS) is 12.7. The Morgan fingerprint density at radius 3 is 2.24 bits per heavy atom. The zero-order valence-corrected chi connectivity index (χ0v) is 24.0. The Bertz CT molecular complexity index is 1160. The molecule has 38 heavy (non-hydrogen) atoms. The number of hydrogen-bond donors (Lipinski definition) is 2. The number of anilines is 1. The van der Waals surface area contributed by atoms with Crippen LogP contribution in [0.4, 0.5) is 10.5 Å². The number of nitrogens with zero attached hydrogens (tertiary/aromatic N) is 1. The van der Waals surface area contributed by atoms with Crippen molar-refractivity contribution in [3.63, 3.8) is 0 Å². The molecule has 0 spiro atoms. The van der Waals surface area contributed by atoms with Crippen molar-refractivity contribution in [1.82, 2.24) is 10.2 Å². The Hall–Kier alpha value is -3.50. The second kappa shape index (κ2) is 13.3. The molecule has 0 radical (unpaired) electrons. The van der Waals surface area contributed by atoms with Crippen LogP contribution in [-0.4, -0.2) is 41.0 Å². The lowest BCUT2D eigenvalue weighted by Crippen LogP contribution is -2.54. The summed E-state index contributed by atoms with van der Waals surface area (Å²) in [6.45, 7) is 12.9. The molecule has 0 fully saturated rings. The molecule has 2 aromatic rings. The van der Waals surface area contributed by atoms with Crippen LogP contribution in [0.15, 0.2) is 42.5 Å². The number of carbonyl (C=O) groups excluding carboxylic acids is 3. The molecule has 2 N–H and O–H groups in total. The SMILES string of the molecule is C#Cc1ccc(C(C(=O)Nc2c(C)cccc2Cl)N(CCC)C(=O)C(NC(=O)OC(C)(C)C)C(C)C)cc1. The Morgan fingerprint density at radius 2 is 1.74 bits per heavy atom. The lowest BCUT2D eigenvalue weighted by atomic mass is 9.98. The second-order valence-corrected chi connectivity index (χ2v) is 10.9. The molecule has 0 aliphatic heterocycles. The van der Waals surface area contributed by atoms with E-state index < -0.39 is 35.6 Å². The van der Waals surface area contributed by atoms with Crippen molar-refractivity contribution >= 4 is 35.2 Å². The molecule has 8 heteroatoms. The summed E-state index contributed by atoms with van der Waals surface area (Å²) < 4.78 is 5.40. The highest BCUT2D eigenvalue weighted by molar-refractivity contribution is 6.34. The van der Waals surface area contributed by atoms with E-state index in [2.05, 4.69) is 16.6 Å². The molecule has 2 aromatic carbocycles. The van der Waals surface area contributed by atoms with Gasteiger partial charge in [0.2, 0.25) is 5.91 Å². The van der Waals surface area contributed by atoms with Crippen molar-refractivity contribution < 1.29 is 19.1 Å². The standard InChI is InChI=1S/C30H38ClN3O4/c1-9-18-34(28(36)24(19(3)4)33-29(37)38-30(6,7)8)26(22-16-14-21(10-2)15-17-22)27(35)32-25-20(5)12-11-13-23(25)31/h2,11-17,19,24,26H,9,18H2,1,3-8H3,(H,32,35)(H,33,37). The van der Waals surface area contributed by atoms with E-state index in [9.17, 15) is 14.4 Å². The molecule has 0 aliphatic rings. The van der Waals surface area contributed by atoms with Crippen LogP contribution in [0.25, 0.3) is 0 Å². The molecule has 7 nitrogen and oxygen atoms in total. The molecule has 2 atom stereocenters. The van der Waals surface area contributed by atoms with Crippen molar-refractivity contribution in [2.24, 2.45) is 5.92 Å². The van der Waals surface area contributed by atoms with Gasteiger partial charge in [-0.2, -0.15) is 0 Å². The van der Waals surface area contributed by atoms with Crippen LogP contribution < -0.4 is 10.6 Å². The van der Waals surface area contributed by atoms with E-state index in [1.165, 1.54) is 4.90 Å². The Kier molecular flexibility index (Phi) is 10.8. The van der Waals surface area contributed by atoms with Gasteiger partial charge in [-0.3, -0.25) is 9.59 Å². The van der Waals surface area contributed by atoms with E-state index in [4.69, 9.17) is 22.8 Å². The number of terminal acetylenes is 1. The number of ether oxygens (including phenoxy) is 1. The van der Waals surface area contributed by atoms with Crippen LogP contribution in [0.2, 0.25) is 5.02 Å². The van der Waals surface area contributed by atoms with Gasteiger partial charge in [-0.15, -0.1) is 6.42 Å². The van der Waals surface area contributed by atoms with Crippen molar-refractivity contribution in [2.45, 2.75) is 72.6 Å². The van der Waals surface area contributed by atoms with Gasteiger partial charge in [0.05, 0.1) is 10.7 Å². The van der Waals surface area contributed by atoms with Gasteiger partial charge in [-0.1, -0.05) is 62.6 Å². The van der Waals surface area contributed by atoms with Crippen LogP contribution in [0, 0.1) is 25.2 Å². The minimum atomic E-state index is -1.01. The summed E-state index contributed by atoms with van der Waals surface area (Å²) in [6, 6.07) is 10.3. The summed E-state index contributed by atoms with van der Waals surface area (Å²) in [5.74, 6) is 1.46. The first-order chi connectivity index (χ1) is 17.8. The topological polar surface area (TPSA) is 87.7 Å². The quantitative estimate of drug-likeness (QED) is 0.377. The van der Waals surface area contributed by atoms with Gasteiger partial charge >= 0.3 is 6.09 Å². The van der Waals surface area contributed by atoms with Crippen LogP contribution in [0.5, 0.6) is 0 Å². The first-order valence-corrected chi connectivity index (χ1v) is 13.1. The van der Waals surface area contributed by atoms with Gasteiger partial charge in [0.1, 0.15) is 17.7 Å². The second-order valence-electron chi connectivity index (χ2n) is 10.5. The molecule has 2 unspecified atom stereocenters. The van der Waals surface area contributed by atoms with E-state index in [0.29, 0.717) is 28.3 Å². The highest BCUT2D eigenvalue weighted by Gasteiger charge is 2.37. The third kappa shape index (κ3) is 8.26. The number of amides is 3. The fraction of sp³-hybridized carbons (Fsp3) is 0.433. The Labute approximate surface area is 231 Å². The van der Waals surface area contributed by atoms with Crippen LogP contribution in [0.3, 0.4) is 0 Å². The monoisotopic (exact) mass is 539 g/mol. The Balaban J connectivity index is 2.55. The molecule has 0 aromatic heterocycles. The molecule has 0 bridgehead atoms. The first-order valence-electron chi connectivity index (χ1n) is 12.7. The van der Waals surface area contributed by atoms with Gasteiger partial charge in [0.15, 0.2) is 0 Å². The number of carbonyl (C=O) groups is 3. The molecular weight excluding hydrogens is 502 g/mol. The largest absolute Gasteiger partial charge is 0.444 e. The number of halogens is 1. The molecule has 0 aliphatic carbocycles. The summed E-state index contributed by atoms with van der Waals surface area (Å²) in [6.07, 6.45) is 5.41. The predicted octanol–water partition coefficient (Wildman–Crippen LogP) is 6.10. The summed E-state index contributed by atoms with van der Waals surface area (Å²) in [7, 11) is 0. The van der Waals surface area contributed by atoms with Gasteiger partial charge < -0.3 is 20.3 Å². The molecule has 204 valence electrons. The first kappa shape index (κ1) is 30.7. The Morgan fingerprint density at radius 1 is 1.11 bits per heavy atom. The van der Waals surface area contributed by atoms with Crippen LogP contribution >= 0.6 is 11.6 Å². The van der Waals surface area contributed by atoms with Crippen LogP contribution in [0.1, 0.15) is 70.7 Å². The summed E-state index contributed by atoms with van der Waals surface area (Å²) >= 11 is 6.39. The number of nitrogens with one attached hydrogen (secondary N) is 2. The molecular formula is C30H38ClN3O4. The average Bonchev–Trinajstić information content (AvgIpc) is 2.83. The lowest BCUT2D eigenvalue weighted by molar-refractivity contribution is -0.141. The van der Waals surface area contributed by atoms with E-state index in [1.54, 1.807) is 57.2 Å². The zero-order chi connectivity index (χ0) is 28.6. The molecule has 0 saturated heterocycles. The van der Waals surface area contributed by atoms with Crippen molar-refractivity contribution in [3.05, 3.63) is 64.2 Å². The highest BCUT2D eigenvalue weighted by Crippen LogP contribution is 2.30. The van der Waals surface area contributed by atoms with E-state index >= 15 is 0 Å². The zero-order valence-electron chi connectivity index (χ0n) is 23.2. The fourth-order valence-corrected chi connectivity index (χ4v) is 4.22. The summed E-state index contributed by atoms with van der Waals surface area (Å²) in [5.41, 5.74) is 1.75. The van der Waals surface area contributed by atoms with Gasteiger partial charge in [0, 0.05) is 12.1 Å². The predicted molar refractivity (Wildman–Crippen MR) is 152 cm³/mol. The van der Waals surface area contributed by atoms with Crippen molar-refractivity contribution in [3.8, 4) is 12.3 Å². The van der Waals surface area contributed by atoms with Crippen molar-refractivity contribution in [1.29, 1.82) is 0 Å². The number of alkyl carbamates (subject to hydrolysis) is 1. The number of hydrogen-bond acceptors (Lipinski definition) is 4. The molecule has 0 saturated carbocycles. The smallest absolute Gasteiger partial charge is 0.408 e. The molecule has 3 amide bonds. The molecule has 2 rings (SSSR count). The minimum Gasteiger partial charge on any atom is -0.444 e. The van der Waals surface area contributed by atoms with E-state index in [0.717, 1.165) is 5.56 Å². The number of aryl methyl sites for hydroxylation is 1. The maximum Gasteiger partial charge on any atom is 0.408 e. The van der Waals surface area contributed by atoms with E-state index in [1.807, 2.05) is 33.8 Å². The van der Waals surface area contributed by atoms with Gasteiger partial charge in [-0.25, -0.2) is 4.79 Å². The summed E-state index contributed by atoms with van der Waals surface area (Å²) in [4.78, 5) is 42.0. The highest BCUT2D eigenvalue weighted by atomic mass is 35.5. The maximum absolute atomic E-state index is 14.0. The third-order valence-corrected chi connectivity index (χ3v) is 6.09. The average molecular weight is 540 g/mol. The number of para-hydroxylation sites is 1. The number of rotatable bonds is 9. The summed E-state index contributed by atoms with van der Waals surface area (Å²) in [5, 5.41) is 6.02. The molecule has 0 heterocycles. The lowest BCUT2D eigenvalue weighted by Gasteiger charge is -2.35. The van der Waals surface area contributed by atoms with Gasteiger partial charge in [0.25, 0.3) is 5.91 Å². The fourth-order valence-electron chi connectivity index (χ4n) is 3.95. The minimum absolute atomic E-state index is 0.271. The third-order valence-electron chi connectivity index (χ3n) is 5.78. The van der Waals surface area contributed by atoms with Gasteiger partial charge in [-0.05, 0) is 69.4 Å². The number of benzene rings is 2. The maximum atomic E-state index is 14.0. The van der Waals surface area contributed by atoms with E-state index in [-0.39, 0.29) is 12.5 Å². The van der Waals surface area contributed by atoms with Crippen LogP contribution in [-0.2, 0) is 14.3 Å². The van der Waals surface area contributed by atoms with Crippen molar-refractivity contribution in [2.75, 3.05) is 11.9 Å².